The molecule has 0 bridgehead atoms. The molecule has 0 aromatic carbocycles. The van der Waals surface area contributed by atoms with Crippen LogP contribution in [0.25, 0.3) is 0 Å². The molecule has 1 aliphatic rings. The monoisotopic (exact) mass is 243 g/mol. The molecule has 1 heterocycles. The van der Waals surface area contributed by atoms with Crippen LogP contribution in [0, 0.1) is 0 Å². The van der Waals surface area contributed by atoms with E-state index in [1.165, 1.54) is 0 Å². The first kappa shape index (κ1) is 14.5. The summed E-state index contributed by atoms with van der Waals surface area (Å²) in [5, 5.41) is 9.95. The molecule has 1 saturated heterocycles. The van der Waals surface area contributed by atoms with Gasteiger partial charge in [-0.25, -0.2) is 0 Å². The van der Waals surface area contributed by atoms with E-state index in [4.69, 9.17) is 4.74 Å². The van der Waals surface area contributed by atoms with Crippen LogP contribution >= 0.6 is 0 Å². The van der Waals surface area contributed by atoms with Gasteiger partial charge in [0.05, 0.1) is 12.1 Å². The predicted molar refractivity (Wildman–Crippen MR) is 66.8 cm³/mol. The molecule has 0 aromatic heterocycles. The van der Waals surface area contributed by atoms with Crippen LogP contribution in [-0.2, 0) is 9.53 Å². The molecule has 100 valence electrons. The highest BCUT2D eigenvalue weighted by atomic mass is 16.6. The van der Waals surface area contributed by atoms with Gasteiger partial charge in [-0.1, -0.05) is 0 Å². The summed E-state index contributed by atoms with van der Waals surface area (Å²) in [5.74, 6) is -0.181. The standard InChI is InChI=1S/C13H25NO3/c1-12(2,3)17-11(15)10-14-8-5-6-13(4,16)7-9-14/h16H,5-10H2,1-4H3. The molecule has 17 heavy (non-hydrogen) atoms. The highest BCUT2D eigenvalue weighted by Gasteiger charge is 2.26. The highest BCUT2D eigenvalue weighted by Crippen LogP contribution is 2.21. The van der Waals surface area contributed by atoms with Crippen molar-refractivity contribution >= 4 is 5.97 Å². The number of aliphatic hydroxyl groups is 1. The summed E-state index contributed by atoms with van der Waals surface area (Å²) in [6.07, 6.45) is 2.45. The zero-order chi connectivity index (χ0) is 13.1. The minimum absolute atomic E-state index is 0.181. The Morgan fingerprint density at radius 2 is 2.00 bits per heavy atom. The summed E-state index contributed by atoms with van der Waals surface area (Å²) in [7, 11) is 0. The van der Waals surface area contributed by atoms with E-state index in [-0.39, 0.29) is 5.97 Å². The van der Waals surface area contributed by atoms with E-state index in [1.807, 2.05) is 27.7 Å². The van der Waals surface area contributed by atoms with Crippen molar-refractivity contribution in [3.05, 3.63) is 0 Å². The van der Waals surface area contributed by atoms with E-state index in [0.717, 1.165) is 32.4 Å². The van der Waals surface area contributed by atoms with Gasteiger partial charge in [0, 0.05) is 6.54 Å². The Labute approximate surface area is 104 Å². The minimum atomic E-state index is -0.581. The lowest BCUT2D eigenvalue weighted by Crippen LogP contribution is -2.36. The summed E-state index contributed by atoms with van der Waals surface area (Å²) in [6, 6.07) is 0. The number of ether oxygens (including phenoxy) is 1. The molecule has 0 spiro atoms. The molecule has 1 N–H and O–H groups in total. The third-order valence-electron chi connectivity index (χ3n) is 2.93. The molecule has 0 aliphatic carbocycles. The van der Waals surface area contributed by atoms with Crippen molar-refractivity contribution < 1.29 is 14.6 Å². The summed E-state index contributed by atoms with van der Waals surface area (Å²) in [4.78, 5) is 13.7. The molecular weight excluding hydrogens is 218 g/mol. The molecule has 0 aromatic rings. The first-order valence-corrected chi connectivity index (χ1v) is 6.35. The fourth-order valence-electron chi connectivity index (χ4n) is 2.03. The number of hydrogen-bond acceptors (Lipinski definition) is 4. The van der Waals surface area contributed by atoms with Crippen molar-refractivity contribution in [1.82, 2.24) is 4.90 Å². The maximum Gasteiger partial charge on any atom is 0.320 e. The quantitative estimate of drug-likeness (QED) is 0.748. The van der Waals surface area contributed by atoms with Crippen LogP contribution in [0.5, 0.6) is 0 Å². The third kappa shape index (κ3) is 6.03. The second kappa shape index (κ2) is 5.36. The van der Waals surface area contributed by atoms with Crippen molar-refractivity contribution in [1.29, 1.82) is 0 Å². The van der Waals surface area contributed by atoms with Crippen LogP contribution in [-0.4, -0.2) is 46.8 Å². The van der Waals surface area contributed by atoms with E-state index in [1.54, 1.807) is 0 Å². The van der Waals surface area contributed by atoms with E-state index in [0.29, 0.717) is 6.54 Å². The van der Waals surface area contributed by atoms with Gasteiger partial charge >= 0.3 is 5.97 Å². The molecule has 1 atom stereocenters. The Hall–Kier alpha value is -0.610. The van der Waals surface area contributed by atoms with Crippen LogP contribution < -0.4 is 0 Å². The van der Waals surface area contributed by atoms with Crippen molar-refractivity contribution in [3.8, 4) is 0 Å². The molecule has 0 saturated carbocycles. The van der Waals surface area contributed by atoms with Crippen LogP contribution in [0.1, 0.15) is 47.0 Å². The van der Waals surface area contributed by atoms with Gasteiger partial charge in [0.1, 0.15) is 5.60 Å². The summed E-state index contributed by atoms with van der Waals surface area (Å²) in [6.45, 7) is 9.42. The lowest BCUT2D eigenvalue weighted by atomic mass is 9.98. The lowest BCUT2D eigenvalue weighted by Gasteiger charge is -2.24. The normalized spacial score (nSPS) is 27.6. The van der Waals surface area contributed by atoms with Gasteiger partial charge in [-0.3, -0.25) is 9.69 Å². The molecule has 0 amide bonds. The lowest BCUT2D eigenvalue weighted by molar-refractivity contribution is -0.156. The van der Waals surface area contributed by atoms with Crippen molar-refractivity contribution in [3.63, 3.8) is 0 Å². The summed E-state index contributed by atoms with van der Waals surface area (Å²) in [5.41, 5.74) is -1.00. The summed E-state index contributed by atoms with van der Waals surface area (Å²) < 4.78 is 5.29. The number of rotatable bonds is 2. The van der Waals surface area contributed by atoms with Gasteiger partial charge in [0.15, 0.2) is 0 Å². The van der Waals surface area contributed by atoms with Gasteiger partial charge in [-0.05, 0) is 53.5 Å². The molecule has 1 fully saturated rings. The van der Waals surface area contributed by atoms with E-state index < -0.39 is 11.2 Å². The highest BCUT2D eigenvalue weighted by molar-refractivity contribution is 5.72. The molecule has 1 aliphatic heterocycles. The smallest absolute Gasteiger partial charge is 0.320 e. The van der Waals surface area contributed by atoms with Gasteiger partial charge in [-0.2, -0.15) is 0 Å². The van der Waals surface area contributed by atoms with Crippen LogP contribution in [0.4, 0.5) is 0 Å². The Kier molecular flexibility index (Phi) is 4.55. The maximum atomic E-state index is 11.7. The zero-order valence-corrected chi connectivity index (χ0v) is 11.5. The van der Waals surface area contributed by atoms with Crippen molar-refractivity contribution in [2.24, 2.45) is 0 Å². The first-order chi connectivity index (χ1) is 7.68. The zero-order valence-electron chi connectivity index (χ0n) is 11.5. The second-order valence-electron chi connectivity index (χ2n) is 6.21. The largest absolute Gasteiger partial charge is 0.459 e. The van der Waals surface area contributed by atoms with E-state index in [2.05, 4.69) is 4.90 Å². The van der Waals surface area contributed by atoms with Crippen LogP contribution in [0.2, 0.25) is 0 Å². The number of nitrogens with zero attached hydrogens (tertiary/aromatic N) is 1. The van der Waals surface area contributed by atoms with E-state index in [9.17, 15) is 9.90 Å². The van der Waals surface area contributed by atoms with Gasteiger partial charge in [-0.15, -0.1) is 0 Å². The molecule has 4 heteroatoms. The van der Waals surface area contributed by atoms with Gasteiger partial charge < -0.3 is 9.84 Å². The first-order valence-electron chi connectivity index (χ1n) is 6.35. The summed E-state index contributed by atoms with van der Waals surface area (Å²) >= 11 is 0. The van der Waals surface area contributed by atoms with Crippen LogP contribution in [0.15, 0.2) is 0 Å². The van der Waals surface area contributed by atoms with Gasteiger partial charge in [0.25, 0.3) is 0 Å². The Morgan fingerprint density at radius 3 is 2.59 bits per heavy atom. The maximum absolute atomic E-state index is 11.7. The third-order valence-corrected chi connectivity index (χ3v) is 2.93. The second-order valence-corrected chi connectivity index (χ2v) is 6.21. The number of hydrogen-bond donors (Lipinski definition) is 1. The van der Waals surface area contributed by atoms with Crippen molar-refractivity contribution in [2.45, 2.75) is 58.2 Å². The molecule has 4 nitrogen and oxygen atoms in total. The van der Waals surface area contributed by atoms with Crippen LogP contribution in [0.3, 0.4) is 0 Å². The fraction of sp³-hybridized carbons (Fsp3) is 0.923. The minimum Gasteiger partial charge on any atom is -0.459 e. The molecular formula is C13H25NO3. The predicted octanol–water partition coefficient (Wildman–Crippen LogP) is 1.56. The Balaban J connectivity index is 2.39. The fourth-order valence-corrected chi connectivity index (χ4v) is 2.03. The average molecular weight is 243 g/mol. The molecule has 1 unspecified atom stereocenters. The average Bonchev–Trinajstić information content (AvgIpc) is 2.24. The Morgan fingerprint density at radius 1 is 1.35 bits per heavy atom. The van der Waals surface area contributed by atoms with E-state index >= 15 is 0 Å². The number of esters is 1. The Bertz CT molecular complexity index is 268. The number of carbonyl (C=O) groups excluding carboxylic acids is 1. The molecule has 0 radical (unpaired) electrons. The topological polar surface area (TPSA) is 49.8 Å². The number of carbonyl (C=O) groups is 1. The van der Waals surface area contributed by atoms with Gasteiger partial charge in [0.2, 0.25) is 0 Å². The number of likely N-dealkylation sites (tertiary alicyclic amines) is 1. The molecule has 1 rings (SSSR count). The van der Waals surface area contributed by atoms with Crippen molar-refractivity contribution in [2.75, 3.05) is 19.6 Å². The SMILES string of the molecule is CC1(O)CCCN(CC(=O)OC(C)(C)C)CC1.